The number of nitrogens with zero attached hydrogens (tertiary/aromatic N) is 1. The van der Waals surface area contributed by atoms with Crippen LogP contribution < -0.4 is 20.7 Å². The largest absolute Gasteiger partial charge is 0.496 e. The van der Waals surface area contributed by atoms with Gasteiger partial charge in [0.1, 0.15) is 5.75 Å². The molecule has 0 aliphatic carbocycles. The smallest absolute Gasteiger partial charge is 0.321 e. The quantitative estimate of drug-likeness (QED) is 0.454. The van der Waals surface area contributed by atoms with Gasteiger partial charge in [-0.15, -0.1) is 0 Å². The average Bonchev–Trinajstić information content (AvgIpc) is 3.17. The Morgan fingerprint density at radius 1 is 1.12 bits per heavy atom. The predicted octanol–water partition coefficient (Wildman–Crippen LogP) is 5.51. The molecule has 7 heteroatoms. The van der Waals surface area contributed by atoms with Crippen LogP contribution >= 0.6 is 0 Å². The lowest BCUT2D eigenvalue weighted by Crippen LogP contribution is -2.28. The maximum absolute atomic E-state index is 12.3. The lowest BCUT2D eigenvalue weighted by molar-refractivity contribution is -0.134. The van der Waals surface area contributed by atoms with E-state index in [4.69, 9.17) is 20.4 Å². The molecule has 0 radical (unpaired) electrons. The van der Waals surface area contributed by atoms with Gasteiger partial charge in [-0.1, -0.05) is 39.0 Å². The van der Waals surface area contributed by atoms with Crippen molar-refractivity contribution in [2.75, 3.05) is 30.8 Å². The number of rotatable bonds is 3. The Hall–Kier alpha value is -3.74. The molecule has 3 aromatic carbocycles. The number of aliphatic carboxylic acids is 1. The second-order valence-corrected chi connectivity index (χ2v) is 9.05. The third-order valence-corrected chi connectivity index (χ3v) is 5.43. The molecular weight excluding hydrogens is 418 g/mol. The highest BCUT2D eigenvalue weighted by Crippen LogP contribution is 2.43. The highest BCUT2D eigenvalue weighted by atomic mass is 16.5. The van der Waals surface area contributed by atoms with Crippen LogP contribution in [0.2, 0.25) is 0 Å². The van der Waals surface area contributed by atoms with Gasteiger partial charge in [0.2, 0.25) is 0 Å². The van der Waals surface area contributed by atoms with Crippen LogP contribution in [0.3, 0.4) is 0 Å². The minimum absolute atomic E-state index is 0. The first kappa shape index (κ1) is 23.9. The first-order chi connectivity index (χ1) is 15.5. The number of urea groups is 1. The van der Waals surface area contributed by atoms with Gasteiger partial charge in [-0.2, -0.15) is 0 Å². The standard InChI is InChI=1S/C24H27N3O2.C2H4O2.2H2/c1-24(2,3)21-14-19(27-10-9-26-23(27)28)13-20(22(21)29-4)17-6-5-16-12-18(25)8-7-15(16)11-17;1-2(3)4;;/h5-8,11-14H,9-10,25H2,1-4H3,(H,26,28);1H3,(H,3,4);2*1H. The molecule has 0 atom stereocenters. The number of nitrogen functional groups attached to an aromatic ring is 1. The third-order valence-electron chi connectivity index (χ3n) is 5.43. The number of nitrogens with two attached hydrogens (primary N) is 1. The summed E-state index contributed by atoms with van der Waals surface area (Å²) in [6.45, 7) is 8.87. The third kappa shape index (κ3) is 5.37. The van der Waals surface area contributed by atoms with E-state index in [2.05, 4.69) is 56.4 Å². The zero-order valence-corrected chi connectivity index (χ0v) is 19.7. The molecule has 2 amide bonds. The van der Waals surface area contributed by atoms with Gasteiger partial charge in [0.25, 0.3) is 5.97 Å². The fourth-order valence-electron chi connectivity index (χ4n) is 3.91. The first-order valence-electron chi connectivity index (χ1n) is 10.8. The number of carbonyl (C=O) groups is 2. The number of amides is 2. The normalized spacial score (nSPS) is 13.4. The summed E-state index contributed by atoms with van der Waals surface area (Å²) in [5.41, 5.74) is 10.5. The van der Waals surface area contributed by atoms with E-state index in [-0.39, 0.29) is 14.3 Å². The van der Waals surface area contributed by atoms with E-state index in [0.717, 1.165) is 51.5 Å². The average molecular weight is 454 g/mol. The van der Waals surface area contributed by atoms with Gasteiger partial charge in [0, 0.05) is 45.4 Å². The van der Waals surface area contributed by atoms with Gasteiger partial charge in [-0.3, -0.25) is 9.69 Å². The summed E-state index contributed by atoms with van der Waals surface area (Å²) in [5.74, 6) is 0.00986. The fraction of sp³-hybridized carbons (Fsp3) is 0.308. The van der Waals surface area contributed by atoms with E-state index < -0.39 is 5.97 Å². The molecule has 1 saturated heterocycles. The maximum atomic E-state index is 12.3. The van der Waals surface area contributed by atoms with Crippen molar-refractivity contribution in [3.63, 3.8) is 0 Å². The lowest BCUT2D eigenvalue weighted by Gasteiger charge is -2.27. The second-order valence-electron chi connectivity index (χ2n) is 9.05. The molecule has 1 heterocycles. The minimum atomic E-state index is -0.833. The van der Waals surface area contributed by atoms with E-state index in [1.165, 1.54) is 0 Å². The number of fused-ring (bicyclic) bond motifs is 1. The highest BCUT2D eigenvalue weighted by molar-refractivity contribution is 5.96. The first-order valence-corrected chi connectivity index (χ1v) is 10.8. The van der Waals surface area contributed by atoms with Crippen molar-refractivity contribution in [3.05, 3.63) is 54.1 Å². The van der Waals surface area contributed by atoms with Crippen molar-refractivity contribution in [2.45, 2.75) is 33.1 Å². The summed E-state index contributed by atoms with van der Waals surface area (Å²) in [6.07, 6.45) is 0. The number of carboxylic acid groups (broad SMARTS) is 1. The molecule has 0 spiro atoms. The van der Waals surface area contributed by atoms with Gasteiger partial charge in [-0.25, -0.2) is 4.79 Å². The Labute approximate surface area is 197 Å². The minimum Gasteiger partial charge on any atom is -0.496 e. The van der Waals surface area contributed by atoms with E-state index in [1.807, 2.05) is 18.2 Å². The number of carbonyl (C=O) groups excluding carboxylic acids is 1. The van der Waals surface area contributed by atoms with Crippen LogP contribution in [0.1, 0.15) is 36.1 Å². The van der Waals surface area contributed by atoms with Crippen LogP contribution in [0.4, 0.5) is 16.2 Å². The van der Waals surface area contributed by atoms with E-state index in [9.17, 15) is 4.79 Å². The number of methoxy groups -OCH3 is 1. The topological polar surface area (TPSA) is 105 Å². The summed E-state index contributed by atoms with van der Waals surface area (Å²) in [5, 5.41) is 12.5. The van der Waals surface area contributed by atoms with Gasteiger partial charge >= 0.3 is 6.03 Å². The van der Waals surface area contributed by atoms with Crippen molar-refractivity contribution in [1.82, 2.24) is 5.32 Å². The zero-order chi connectivity index (χ0) is 24.3. The molecule has 1 fully saturated rings. The predicted molar refractivity (Wildman–Crippen MR) is 137 cm³/mol. The number of hydrogen-bond acceptors (Lipinski definition) is 4. The van der Waals surface area contributed by atoms with Crippen LogP contribution in [-0.4, -0.2) is 37.3 Å². The molecule has 0 aromatic heterocycles. The number of benzene rings is 3. The zero-order valence-electron chi connectivity index (χ0n) is 19.7. The monoisotopic (exact) mass is 453 g/mol. The highest BCUT2D eigenvalue weighted by Gasteiger charge is 2.28. The Balaban J connectivity index is 0.000000950. The Morgan fingerprint density at radius 2 is 1.76 bits per heavy atom. The number of carboxylic acids is 1. The Morgan fingerprint density at radius 3 is 2.33 bits per heavy atom. The summed E-state index contributed by atoms with van der Waals surface area (Å²) in [7, 11) is 1.71. The van der Waals surface area contributed by atoms with Crippen LogP contribution in [0.15, 0.2) is 48.5 Å². The van der Waals surface area contributed by atoms with Crippen molar-refractivity contribution in [1.29, 1.82) is 0 Å². The van der Waals surface area contributed by atoms with Crippen molar-refractivity contribution < 1.29 is 22.3 Å². The SMILES string of the molecule is CC(=O)O.COc1c(-c2ccc3cc(N)ccc3c2)cc(N2CCNC2=O)cc1C(C)(C)C.[HH].[HH]. The number of nitrogens with one attached hydrogen (secondary N) is 1. The molecule has 178 valence electrons. The summed E-state index contributed by atoms with van der Waals surface area (Å²) in [4.78, 5) is 23.1. The second kappa shape index (κ2) is 9.40. The van der Waals surface area contributed by atoms with Crippen molar-refractivity contribution in [2.24, 2.45) is 0 Å². The molecule has 7 nitrogen and oxygen atoms in total. The van der Waals surface area contributed by atoms with Crippen LogP contribution in [0.25, 0.3) is 21.9 Å². The molecular formula is C26H35N3O4. The molecule has 0 unspecified atom stereocenters. The van der Waals surface area contributed by atoms with Crippen molar-refractivity contribution in [3.8, 4) is 16.9 Å². The van der Waals surface area contributed by atoms with Gasteiger partial charge < -0.3 is 20.9 Å². The maximum Gasteiger partial charge on any atom is 0.321 e. The van der Waals surface area contributed by atoms with E-state index in [0.29, 0.717) is 13.1 Å². The van der Waals surface area contributed by atoms with Crippen molar-refractivity contribution >= 4 is 34.1 Å². The summed E-state index contributed by atoms with van der Waals surface area (Å²) >= 11 is 0. The van der Waals surface area contributed by atoms with E-state index >= 15 is 0 Å². The van der Waals surface area contributed by atoms with Crippen LogP contribution in [0.5, 0.6) is 5.75 Å². The van der Waals surface area contributed by atoms with Gasteiger partial charge in [0.15, 0.2) is 0 Å². The van der Waals surface area contributed by atoms with Crippen LogP contribution in [0, 0.1) is 0 Å². The molecule has 0 saturated carbocycles. The molecule has 4 N–H and O–H groups in total. The molecule has 4 rings (SSSR count). The molecule has 1 aliphatic rings. The van der Waals surface area contributed by atoms with Gasteiger partial charge in [0.05, 0.1) is 7.11 Å². The number of ether oxygens (including phenoxy) is 1. The lowest BCUT2D eigenvalue weighted by atomic mass is 9.83. The Kier molecular flexibility index (Phi) is 6.81. The summed E-state index contributed by atoms with van der Waals surface area (Å²) in [6, 6.07) is 16.3. The summed E-state index contributed by atoms with van der Waals surface area (Å²) < 4.78 is 5.89. The van der Waals surface area contributed by atoms with E-state index in [1.54, 1.807) is 12.0 Å². The van der Waals surface area contributed by atoms with Crippen LogP contribution in [-0.2, 0) is 10.2 Å². The molecule has 33 heavy (non-hydrogen) atoms. The van der Waals surface area contributed by atoms with Gasteiger partial charge in [-0.05, 0) is 52.1 Å². The molecule has 3 aromatic rings. The Bertz CT molecular complexity index is 1210. The number of hydrogen-bond donors (Lipinski definition) is 3. The fourth-order valence-corrected chi connectivity index (χ4v) is 3.91. The molecule has 0 bridgehead atoms. The molecule has 1 aliphatic heterocycles. The number of anilines is 2.